The van der Waals surface area contributed by atoms with Gasteiger partial charge in [-0.05, 0) is 48.9 Å². The van der Waals surface area contributed by atoms with Gasteiger partial charge in [0.2, 0.25) is 15.9 Å². The van der Waals surface area contributed by atoms with Gasteiger partial charge >= 0.3 is 0 Å². The third-order valence-corrected chi connectivity index (χ3v) is 6.34. The molecule has 1 heterocycles. The molecule has 21 heavy (non-hydrogen) atoms. The van der Waals surface area contributed by atoms with Gasteiger partial charge in [0.15, 0.2) is 0 Å². The summed E-state index contributed by atoms with van der Waals surface area (Å²) in [4.78, 5) is 12.0. The van der Waals surface area contributed by atoms with E-state index in [-0.39, 0.29) is 18.4 Å². The maximum Gasteiger partial charge on any atom is 0.243 e. The highest BCUT2D eigenvalue weighted by Crippen LogP contribution is 2.28. The molecule has 1 aliphatic heterocycles. The number of carbonyl (C=O) groups is 1. The molecule has 5 nitrogen and oxygen atoms in total. The standard InChI is InChI=1S/C15H20N2O3S/c1-16-15(18)13-7-8-17(10-13)21(19,20)14-6-5-11-3-2-4-12(11)9-14/h5-6,9,13H,2-4,7-8,10H2,1H3,(H,16,18). The molecule has 0 spiro atoms. The van der Waals surface area contributed by atoms with Crippen molar-refractivity contribution in [2.24, 2.45) is 5.92 Å². The van der Waals surface area contributed by atoms with Gasteiger partial charge < -0.3 is 5.32 Å². The van der Waals surface area contributed by atoms with Crippen molar-refractivity contribution >= 4 is 15.9 Å². The number of hydrogen-bond donors (Lipinski definition) is 1. The average molecular weight is 308 g/mol. The first-order chi connectivity index (χ1) is 10.0. The van der Waals surface area contributed by atoms with Crippen molar-refractivity contribution in [3.63, 3.8) is 0 Å². The second-order valence-corrected chi connectivity index (χ2v) is 7.68. The van der Waals surface area contributed by atoms with Crippen molar-refractivity contribution in [2.75, 3.05) is 20.1 Å². The first-order valence-electron chi connectivity index (χ1n) is 7.36. The minimum Gasteiger partial charge on any atom is -0.359 e. The number of sulfonamides is 1. The lowest BCUT2D eigenvalue weighted by molar-refractivity contribution is -0.123. The largest absolute Gasteiger partial charge is 0.359 e. The molecule has 1 saturated heterocycles. The molecule has 1 unspecified atom stereocenters. The smallest absolute Gasteiger partial charge is 0.243 e. The number of hydrogen-bond acceptors (Lipinski definition) is 3. The highest BCUT2D eigenvalue weighted by atomic mass is 32.2. The van der Waals surface area contributed by atoms with E-state index in [9.17, 15) is 13.2 Å². The van der Waals surface area contributed by atoms with E-state index in [0.717, 1.165) is 24.8 Å². The molecular weight excluding hydrogens is 288 g/mol. The molecule has 1 fully saturated rings. The first-order valence-corrected chi connectivity index (χ1v) is 8.80. The fourth-order valence-corrected chi connectivity index (χ4v) is 4.77. The Kier molecular flexibility index (Phi) is 3.75. The van der Waals surface area contributed by atoms with Crippen LogP contribution in [0.4, 0.5) is 0 Å². The number of nitrogens with one attached hydrogen (secondary N) is 1. The zero-order valence-corrected chi connectivity index (χ0v) is 12.9. The Labute approximate surface area is 125 Å². The van der Waals surface area contributed by atoms with Gasteiger partial charge in [-0.2, -0.15) is 4.31 Å². The zero-order valence-electron chi connectivity index (χ0n) is 12.1. The van der Waals surface area contributed by atoms with E-state index in [0.29, 0.717) is 17.9 Å². The molecule has 0 saturated carbocycles. The molecule has 1 amide bonds. The van der Waals surface area contributed by atoms with E-state index in [1.807, 2.05) is 12.1 Å². The molecule has 0 radical (unpaired) electrons. The molecule has 6 heteroatoms. The number of nitrogens with zero attached hydrogens (tertiary/aromatic N) is 1. The fourth-order valence-electron chi connectivity index (χ4n) is 3.22. The Morgan fingerprint density at radius 3 is 2.81 bits per heavy atom. The summed E-state index contributed by atoms with van der Waals surface area (Å²) < 4.78 is 26.8. The number of amides is 1. The van der Waals surface area contributed by atoms with Crippen LogP contribution >= 0.6 is 0 Å². The topological polar surface area (TPSA) is 66.5 Å². The summed E-state index contributed by atoms with van der Waals surface area (Å²) in [5.74, 6) is -0.319. The highest BCUT2D eigenvalue weighted by Gasteiger charge is 2.35. The van der Waals surface area contributed by atoms with Gasteiger partial charge in [0, 0.05) is 20.1 Å². The lowest BCUT2D eigenvalue weighted by Crippen LogP contribution is -2.33. The third-order valence-electron chi connectivity index (χ3n) is 4.48. The van der Waals surface area contributed by atoms with Crippen molar-refractivity contribution < 1.29 is 13.2 Å². The maximum absolute atomic E-state index is 12.7. The fraction of sp³-hybridized carbons (Fsp3) is 0.533. The highest BCUT2D eigenvalue weighted by molar-refractivity contribution is 7.89. The van der Waals surface area contributed by atoms with Crippen LogP contribution in [0.3, 0.4) is 0 Å². The van der Waals surface area contributed by atoms with Crippen LogP contribution in [0.15, 0.2) is 23.1 Å². The Morgan fingerprint density at radius 1 is 1.29 bits per heavy atom. The van der Waals surface area contributed by atoms with E-state index in [4.69, 9.17) is 0 Å². The van der Waals surface area contributed by atoms with Gasteiger partial charge in [-0.15, -0.1) is 0 Å². The van der Waals surface area contributed by atoms with Crippen molar-refractivity contribution in [2.45, 2.75) is 30.6 Å². The van der Waals surface area contributed by atoms with Gasteiger partial charge in [-0.25, -0.2) is 8.42 Å². The van der Waals surface area contributed by atoms with Gasteiger partial charge in [0.25, 0.3) is 0 Å². The molecule has 2 aliphatic rings. The van der Waals surface area contributed by atoms with Crippen LogP contribution in [-0.2, 0) is 27.7 Å². The number of aryl methyl sites for hydroxylation is 2. The molecule has 1 aromatic rings. The minimum atomic E-state index is -3.48. The maximum atomic E-state index is 12.7. The molecule has 0 aromatic heterocycles. The van der Waals surface area contributed by atoms with E-state index < -0.39 is 10.0 Å². The van der Waals surface area contributed by atoms with Gasteiger partial charge in [-0.3, -0.25) is 4.79 Å². The molecular formula is C15H20N2O3S. The van der Waals surface area contributed by atoms with Crippen molar-refractivity contribution in [1.29, 1.82) is 0 Å². The van der Waals surface area contributed by atoms with Crippen molar-refractivity contribution in [3.8, 4) is 0 Å². The number of rotatable bonds is 3. The molecule has 3 rings (SSSR count). The summed E-state index contributed by atoms with van der Waals surface area (Å²) in [5.41, 5.74) is 2.41. The number of benzene rings is 1. The van der Waals surface area contributed by atoms with Crippen LogP contribution in [-0.4, -0.2) is 38.8 Å². The molecule has 1 N–H and O–H groups in total. The SMILES string of the molecule is CNC(=O)C1CCN(S(=O)(=O)c2ccc3c(c2)CCC3)C1. The second kappa shape index (κ2) is 5.42. The molecule has 1 aromatic carbocycles. The van der Waals surface area contributed by atoms with E-state index in [1.165, 1.54) is 9.87 Å². The summed E-state index contributed by atoms with van der Waals surface area (Å²) >= 11 is 0. The molecule has 1 atom stereocenters. The lowest BCUT2D eigenvalue weighted by Gasteiger charge is -2.17. The first kappa shape index (κ1) is 14.5. The van der Waals surface area contributed by atoms with E-state index in [1.54, 1.807) is 13.1 Å². The summed E-state index contributed by atoms with van der Waals surface area (Å²) in [6.45, 7) is 0.691. The summed E-state index contributed by atoms with van der Waals surface area (Å²) in [6, 6.07) is 5.44. The van der Waals surface area contributed by atoms with Crippen LogP contribution in [0.1, 0.15) is 24.0 Å². The van der Waals surface area contributed by atoms with Gasteiger partial charge in [0.1, 0.15) is 0 Å². The van der Waals surface area contributed by atoms with Crippen LogP contribution in [0.5, 0.6) is 0 Å². The number of fused-ring (bicyclic) bond motifs is 1. The Balaban J connectivity index is 1.83. The Morgan fingerprint density at radius 2 is 2.05 bits per heavy atom. The normalized spacial score (nSPS) is 22.2. The van der Waals surface area contributed by atoms with Crippen LogP contribution in [0.25, 0.3) is 0 Å². The number of carbonyl (C=O) groups excluding carboxylic acids is 1. The average Bonchev–Trinajstić information content (AvgIpc) is 3.14. The van der Waals surface area contributed by atoms with E-state index >= 15 is 0 Å². The van der Waals surface area contributed by atoms with Crippen LogP contribution in [0, 0.1) is 5.92 Å². The van der Waals surface area contributed by atoms with Crippen molar-refractivity contribution in [3.05, 3.63) is 29.3 Å². The van der Waals surface area contributed by atoms with Crippen LogP contribution < -0.4 is 5.32 Å². The van der Waals surface area contributed by atoms with Gasteiger partial charge in [0.05, 0.1) is 10.8 Å². The third kappa shape index (κ3) is 2.58. The second-order valence-electron chi connectivity index (χ2n) is 5.75. The predicted molar refractivity (Wildman–Crippen MR) is 79.4 cm³/mol. The predicted octanol–water partition coefficient (Wildman–Crippen LogP) is 0.932. The Bertz CT molecular complexity index is 669. The lowest BCUT2D eigenvalue weighted by atomic mass is 10.1. The minimum absolute atomic E-state index is 0.0818. The van der Waals surface area contributed by atoms with Crippen molar-refractivity contribution in [1.82, 2.24) is 9.62 Å². The Hall–Kier alpha value is -1.40. The summed E-state index contributed by atoms with van der Waals surface area (Å²) in [5, 5.41) is 2.59. The molecule has 0 bridgehead atoms. The monoisotopic (exact) mass is 308 g/mol. The van der Waals surface area contributed by atoms with Crippen LogP contribution in [0.2, 0.25) is 0 Å². The quantitative estimate of drug-likeness (QED) is 0.903. The van der Waals surface area contributed by atoms with Gasteiger partial charge in [-0.1, -0.05) is 6.07 Å². The summed E-state index contributed by atoms with van der Waals surface area (Å²) in [7, 11) is -1.90. The van der Waals surface area contributed by atoms with E-state index in [2.05, 4.69) is 5.32 Å². The molecule has 1 aliphatic carbocycles. The zero-order chi connectivity index (χ0) is 15.0. The summed E-state index contributed by atoms with van der Waals surface area (Å²) in [6.07, 6.45) is 3.68. The molecule has 114 valence electrons.